The van der Waals surface area contributed by atoms with Crippen LogP contribution < -0.4 is 0 Å². The van der Waals surface area contributed by atoms with Crippen LogP contribution in [-0.2, 0) is 0 Å². The molecule has 1 aromatic rings. The van der Waals surface area contributed by atoms with Gasteiger partial charge in [0, 0.05) is 23.0 Å². The van der Waals surface area contributed by atoms with E-state index in [0.717, 1.165) is 16.8 Å². The van der Waals surface area contributed by atoms with E-state index in [9.17, 15) is 4.79 Å². The van der Waals surface area contributed by atoms with Gasteiger partial charge in [0.15, 0.2) is 5.78 Å². The van der Waals surface area contributed by atoms with E-state index in [1.165, 1.54) is 0 Å². The van der Waals surface area contributed by atoms with Gasteiger partial charge in [-0.05, 0) is 26.8 Å². The molecule has 2 heteroatoms. The molecule has 1 rings (SSSR count). The summed E-state index contributed by atoms with van der Waals surface area (Å²) >= 11 is 0. The second-order valence-corrected chi connectivity index (χ2v) is 3.35. The third-order valence-corrected chi connectivity index (χ3v) is 2.03. The van der Waals surface area contributed by atoms with E-state index in [2.05, 4.69) is 4.98 Å². The van der Waals surface area contributed by atoms with Crippen molar-refractivity contribution in [2.75, 3.05) is 0 Å². The molecule has 15 heavy (non-hydrogen) atoms. The summed E-state index contributed by atoms with van der Waals surface area (Å²) in [7, 11) is 0. The summed E-state index contributed by atoms with van der Waals surface area (Å²) in [6, 6.07) is 1.82. The highest BCUT2D eigenvalue weighted by Crippen LogP contribution is 2.12. The topological polar surface area (TPSA) is 30.0 Å². The Balaban J connectivity index is 3.11. The van der Waals surface area contributed by atoms with Crippen molar-refractivity contribution in [1.29, 1.82) is 0 Å². The highest BCUT2D eigenvalue weighted by Gasteiger charge is 2.05. The van der Waals surface area contributed by atoms with Gasteiger partial charge in [-0.3, -0.25) is 9.78 Å². The molecule has 0 bridgehead atoms. The van der Waals surface area contributed by atoms with Crippen LogP contribution >= 0.6 is 0 Å². The number of hydrogen-bond donors (Lipinski definition) is 0. The number of nitrogens with zero attached hydrogens (tertiary/aromatic N) is 1. The molecule has 0 atom stereocenters. The molecule has 1 aromatic heterocycles. The highest BCUT2D eigenvalue weighted by molar-refractivity contribution is 5.97. The molecule has 0 aliphatic heterocycles. The van der Waals surface area contributed by atoms with Gasteiger partial charge in [-0.2, -0.15) is 0 Å². The van der Waals surface area contributed by atoms with Crippen molar-refractivity contribution in [2.45, 2.75) is 20.8 Å². The first-order valence-electron chi connectivity index (χ1n) is 4.92. The number of ketones is 1. The van der Waals surface area contributed by atoms with Crippen molar-refractivity contribution in [3.8, 4) is 0 Å². The Kier molecular flexibility index (Phi) is 3.98. The van der Waals surface area contributed by atoms with E-state index >= 15 is 0 Å². The maximum Gasteiger partial charge on any atom is 0.160 e. The lowest BCUT2D eigenvalue weighted by atomic mass is 10.1. The average Bonchev–Trinajstić information content (AvgIpc) is 2.20. The van der Waals surface area contributed by atoms with Gasteiger partial charge in [0.1, 0.15) is 0 Å². The number of allylic oxidation sites excluding steroid dienone is 3. The summed E-state index contributed by atoms with van der Waals surface area (Å²) in [6.07, 6.45) is 9.38. The lowest BCUT2D eigenvalue weighted by Crippen LogP contribution is -1.98. The molecule has 1 heterocycles. The number of Topliss-reactive ketones (excluding diaryl/α,β-unsaturated/α-hetero) is 1. The zero-order valence-electron chi connectivity index (χ0n) is 9.32. The number of hydrogen-bond acceptors (Lipinski definition) is 2. The molecule has 0 unspecified atom stereocenters. The Hall–Kier alpha value is -1.70. The molecular formula is C13H15NO. The van der Waals surface area contributed by atoms with E-state index in [1.807, 2.05) is 44.2 Å². The van der Waals surface area contributed by atoms with E-state index in [0.29, 0.717) is 0 Å². The molecule has 0 fully saturated rings. The van der Waals surface area contributed by atoms with Gasteiger partial charge in [0.25, 0.3) is 0 Å². The molecule has 0 saturated heterocycles. The summed E-state index contributed by atoms with van der Waals surface area (Å²) < 4.78 is 0. The molecule has 0 aliphatic carbocycles. The standard InChI is InChI=1S/C13H15NO/c1-4-5-6-7-12-9-14-10(2)8-13(12)11(3)15/h4-9H,1-3H3/b5-4-,7-6-. The van der Waals surface area contributed by atoms with Crippen molar-refractivity contribution in [2.24, 2.45) is 0 Å². The van der Waals surface area contributed by atoms with Crippen LogP contribution in [0.2, 0.25) is 0 Å². The number of carbonyl (C=O) groups is 1. The van der Waals surface area contributed by atoms with Crippen LogP contribution in [0.25, 0.3) is 6.08 Å². The molecule has 2 nitrogen and oxygen atoms in total. The quantitative estimate of drug-likeness (QED) is 0.555. The normalized spacial score (nSPS) is 11.4. The van der Waals surface area contributed by atoms with E-state index < -0.39 is 0 Å². The molecule has 0 amide bonds. The Bertz CT molecular complexity index is 417. The molecule has 0 N–H and O–H groups in total. The molecule has 0 radical (unpaired) electrons. The number of pyridine rings is 1. The van der Waals surface area contributed by atoms with Crippen molar-refractivity contribution in [1.82, 2.24) is 4.98 Å². The zero-order chi connectivity index (χ0) is 11.3. The largest absolute Gasteiger partial charge is 0.294 e. The SMILES string of the molecule is C/C=C\C=C/c1cnc(C)cc1C(C)=O. The van der Waals surface area contributed by atoms with E-state index in [-0.39, 0.29) is 5.78 Å². The molecule has 0 aliphatic rings. The maximum atomic E-state index is 11.4. The third-order valence-electron chi connectivity index (χ3n) is 2.03. The molecule has 0 saturated carbocycles. The third kappa shape index (κ3) is 3.17. The Morgan fingerprint density at radius 2 is 2.13 bits per heavy atom. The van der Waals surface area contributed by atoms with Gasteiger partial charge in [-0.25, -0.2) is 0 Å². The van der Waals surface area contributed by atoms with Gasteiger partial charge >= 0.3 is 0 Å². The first-order valence-corrected chi connectivity index (χ1v) is 4.92. The second-order valence-electron chi connectivity index (χ2n) is 3.35. The highest BCUT2D eigenvalue weighted by atomic mass is 16.1. The fourth-order valence-electron chi connectivity index (χ4n) is 1.28. The monoisotopic (exact) mass is 201 g/mol. The Labute approximate surface area is 90.4 Å². The molecular weight excluding hydrogens is 186 g/mol. The van der Waals surface area contributed by atoms with Crippen molar-refractivity contribution < 1.29 is 4.79 Å². The van der Waals surface area contributed by atoms with Crippen LogP contribution in [0.3, 0.4) is 0 Å². The van der Waals surface area contributed by atoms with Crippen LogP contribution in [0.15, 0.2) is 30.5 Å². The van der Waals surface area contributed by atoms with Crippen LogP contribution in [0.5, 0.6) is 0 Å². The van der Waals surface area contributed by atoms with Crippen LogP contribution in [0.4, 0.5) is 0 Å². The lowest BCUT2D eigenvalue weighted by molar-refractivity contribution is 0.101. The average molecular weight is 201 g/mol. The smallest absolute Gasteiger partial charge is 0.160 e. The predicted molar refractivity (Wildman–Crippen MR) is 62.8 cm³/mol. The minimum absolute atomic E-state index is 0.0700. The minimum Gasteiger partial charge on any atom is -0.294 e. The lowest BCUT2D eigenvalue weighted by Gasteiger charge is -2.02. The molecule has 0 spiro atoms. The second kappa shape index (κ2) is 5.25. The fourth-order valence-corrected chi connectivity index (χ4v) is 1.28. The summed E-state index contributed by atoms with van der Waals surface area (Å²) in [5, 5.41) is 0. The number of carbonyl (C=O) groups excluding carboxylic acids is 1. The first-order chi connectivity index (χ1) is 7.15. The molecule has 0 aromatic carbocycles. The summed E-state index contributed by atoms with van der Waals surface area (Å²) in [6.45, 7) is 5.40. The van der Waals surface area contributed by atoms with Gasteiger partial charge in [0.05, 0.1) is 0 Å². The van der Waals surface area contributed by atoms with E-state index in [4.69, 9.17) is 0 Å². The van der Waals surface area contributed by atoms with Gasteiger partial charge in [-0.15, -0.1) is 0 Å². The van der Waals surface area contributed by atoms with Gasteiger partial charge in [-0.1, -0.05) is 24.3 Å². The number of aromatic nitrogens is 1. The number of rotatable bonds is 3. The maximum absolute atomic E-state index is 11.4. The van der Waals surface area contributed by atoms with Gasteiger partial charge in [0.2, 0.25) is 0 Å². The summed E-state index contributed by atoms with van der Waals surface area (Å²) in [4.78, 5) is 15.5. The van der Waals surface area contributed by atoms with Gasteiger partial charge < -0.3 is 0 Å². The Morgan fingerprint density at radius 3 is 2.73 bits per heavy atom. The summed E-state index contributed by atoms with van der Waals surface area (Å²) in [5.41, 5.74) is 2.46. The molecule has 78 valence electrons. The Morgan fingerprint density at radius 1 is 1.40 bits per heavy atom. The van der Waals surface area contributed by atoms with Crippen LogP contribution in [0, 0.1) is 6.92 Å². The van der Waals surface area contributed by atoms with E-state index in [1.54, 1.807) is 13.1 Å². The fraction of sp³-hybridized carbons (Fsp3) is 0.231. The predicted octanol–water partition coefficient (Wildman–Crippen LogP) is 3.18. The first kappa shape index (κ1) is 11.4. The van der Waals surface area contributed by atoms with Crippen molar-refractivity contribution in [3.05, 3.63) is 47.3 Å². The van der Waals surface area contributed by atoms with Crippen molar-refractivity contribution in [3.63, 3.8) is 0 Å². The minimum atomic E-state index is 0.0700. The van der Waals surface area contributed by atoms with Crippen LogP contribution in [0.1, 0.15) is 35.5 Å². The zero-order valence-corrected chi connectivity index (χ0v) is 9.32. The van der Waals surface area contributed by atoms with Crippen LogP contribution in [-0.4, -0.2) is 10.8 Å². The van der Waals surface area contributed by atoms with Crippen molar-refractivity contribution >= 4 is 11.9 Å². The number of aryl methyl sites for hydroxylation is 1. The summed E-state index contributed by atoms with van der Waals surface area (Å²) in [5.74, 6) is 0.0700.